The maximum Gasteiger partial charge on any atom is 0.343 e. The Labute approximate surface area is 178 Å². The van der Waals surface area contributed by atoms with Crippen LogP contribution in [0.3, 0.4) is 0 Å². The number of nitrogens with zero attached hydrogens (tertiary/aromatic N) is 2. The molecule has 1 heterocycles. The van der Waals surface area contributed by atoms with Crippen molar-refractivity contribution in [1.82, 2.24) is 0 Å². The number of hydrogen-bond acceptors (Lipinski definition) is 7. The van der Waals surface area contributed by atoms with E-state index in [9.17, 15) is 19.5 Å². The molecule has 2 aromatic rings. The average molecular weight is 424 g/mol. The van der Waals surface area contributed by atoms with Crippen LogP contribution in [0.25, 0.3) is 6.08 Å². The molecule has 3 rings (SSSR count). The average Bonchev–Trinajstić information content (AvgIpc) is 3.06. The summed E-state index contributed by atoms with van der Waals surface area (Å²) in [4.78, 5) is 35.4. The summed E-state index contributed by atoms with van der Waals surface area (Å²) in [6, 6.07) is 11.0. The summed E-state index contributed by atoms with van der Waals surface area (Å²) < 4.78 is 15.2. The number of esters is 1. The molecular formula is C22H20N2O7. The van der Waals surface area contributed by atoms with E-state index in [1.165, 1.54) is 31.4 Å². The number of rotatable bonds is 7. The molecule has 9 nitrogen and oxygen atoms in total. The number of methoxy groups -OCH3 is 2. The summed E-state index contributed by atoms with van der Waals surface area (Å²) in [5, 5.41) is 14.6. The van der Waals surface area contributed by atoms with E-state index in [1.807, 2.05) is 0 Å². The SMILES string of the molecule is COC(=O)COc1ccc(/C=C2\C(=O)N(c3cccc(C(=O)O)c3)N=C2C)cc1OC. The molecule has 0 atom stereocenters. The van der Waals surface area contributed by atoms with Gasteiger partial charge in [-0.25, -0.2) is 9.59 Å². The summed E-state index contributed by atoms with van der Waals surface area (Å²) in [5.74, 6) is -1.27. The van der Waals surface area contributed by atoms with Crippen molar-refractivity contribution in [3.8, 4) is 11.5 Å². The number of amides is 1. The smallest absolute Gasteiger partial charge is 0.343 e. The molecule has 160 valence electrons. The van der Waals surface area contributed by atoms with Gasteiger partial charge in [0.05, 0.1) is 36.8 Å². The van der Waals surface area contributed by atoms with Crippen LogP contribution in [-0.4, -0.2) is 49.5 Å². The Morgan fingerprint density at radius 2 is 1.90 bits per heavy atom. The fraction of sp³-hybridized carbons (Fsp3) is 0.182. The molecule has 2 aromatic carbocycles. The molecule has 0 radical (unpaired) electrons. The van der Waals surface area contributed by atoms with Gasteiger partial charge in [-0.05, 0) is 48.9 Å². The Morgan fingerprint density at radius 3 is 2.58 bits per heavy atom. The van der Waals surface area contributed by atoms with Crippen LogP contribution in [0.15, 0.2) is 53.1 Å². The molecule has 1 aliphatic rings. The van der Waals surface area contributed by atoms with Gasteiger partial charge in [0.25, 0.3) is 5.91 Å². The van der Waals surface area contributed by atoms with Gasteiger partial charge in [0.15, 0.2) is 18.1 Å². The molecule has 1 amide bonds. The zero-order valence-electron chi connectivity index (χ0n) is 17.1. The molecule has 0 bridgehead atoms. The second-order valence-corrected chi connectivity index (χ2v) is 6.49. The first-order valence-corrected chi connectivity index (χ1v) is 9.16. The van der Waals surface area contributed by atoms with Crippen LogP contribution in [0.1, 0.15) is 22.8 Å². The van der Waals surface area contributed by atoms with Gasteiger partial charge in [0.1, 0.15) is 0 Å². The zero-order valence-corrected chi connectivity index (χ0v) is 17.1. The fourth-order valence-corrected chi connectivity index (χ4v) is 2.89. The first-order valence-electron chi connectivity index (χ1n) is 9.16. The minimum Gasteiger partial charge on any atom is -0.493 e. The van der Waals surface area contributed by atoms with Crippen LogP contribution in [0, 0.1) is 0 Å². The van der Waals surface area contributed by atoms with E-state index in [2.05, 4.69) is 9.84 Å². The Morgan fingerprint density at radius 1 is 1.13 bits per heavy atom. The quantitative estimate of drug-likeness (QED) is 0.537. The van der Waals surface area contributed by atoms with E-state index in [0.29, 0.717) is 34.0 Å². The minimum atomic E-state index is -1.09. The molecule has 0 saturated carbocycles. The van der Waals surface area contributed by atoms with Crippen molar-refractivity contribution in [1.29, 1.82) is 0 Å². The second-order valence-electron chi connectivity index (χ2n) is 6.49. The summed E-state index contributed by atoms with van der Waals surface area (Å²) in [6.45, 7) is 1.43. The summed E-state index contributed by atoms with van der Waals surface area (Å²) in [7, 11) is 2.73. The molecule has 31 heavy (non-hydrogen) atoms. The van der Waals surface area contributed by atoms with Crippen molar-refractivity contribution in [2.24, 2.45) is 5.10 Å². The predicted molar refractivity (Wildman–Crippen MR) is 112 cm³/mol. The highest BCUT2D eigenvalue weighted by molar-refractivity contribution is 6.32. The fourth-order valence-electron chi connectivity index (χ4n) is 2.89. The lowest BCUT2D eigenvalue weighted by molar-refractivity contribution is -0.142. The van der Waals surface area contributed by atoms with Crippen molar-refractivity contribution in [2.75, 3.05) is 25.8 Å². The molecule has 0 aromatic heterocycles. The molecule has 0 fully saturated rings. The number of carbonyl (C=O) groups excluding carboxylic acids is 2. The maximum atomic E-state index is 12.9. The Kier molecular flexibility index (Phi) is 6.35. The van der Waals surface area contributed by atoms with Crippen molar-refractivity contribution in [3.05, 3.63) is 59.2 Å². The number of ether oxygens (including phenoxy) is 3. The van der Waals surface area contributed by atoms with E-state index in [-0.39, 0.29) is 18.1 Å². The number of hydrogen-bond donors (Lipinski definition) is 1. The first-order chi connectivity index (χ1) is 14.8. The lowest BCUT2D eigenvalue weighted by atomic mass is 10.1. The Hall–Kier alpha value is -4.14. The molecule has 1 N–H and O–H groups in total. The van der Waals surface area contributed by atoms with E-state index in [0.717, 1.165) is 0 Å². The number of aromatic carboxylic acids is 1. The topological polar surface area (TPSA) is 115 Å². The highest BCUT2D eigenvalue weighted by atomic mass is 16.6. The third kappa shape index (κ3) is 4.72. The van der Waals surface area contributed by atoms with E-state index >= 15 is 0 Å². The highest BCUT2D eigenvalue weighted by Crippen LogP contribution is 2.31. The van der Waals surface area contributed by atoms with Gasteiger partial charge in [-0.2, -0.15) is 10.1 Å². The minimum absolute atomic E-state index is 0.0582. The third-order valence-corrected chi connectivity index (χ3v) is 4.47. The Bertz CT molecular complexity index is 1100. The standard InChI is InChI=1S/C22H20N2O7/c1-13-17(21(26)24(23-13)16-6-4-5-15(11-16)22(27)28)9-14-7-8-18(19(10-14)29-2)31-12-20(25)30-3/h4-11H,12H2,1-3H3,(H,27,28)/b17-9-. The summed E-state index contributed by atoms with van der Waals surface area (Å²) in [5.41, 5.74) is 1.91. The first kappa shape index (κ1) is 21.6. The number of anilines is 1. The van der Waals surface area contributed by atoms with Gasteiger partial charge in [0, 0.05) is 0 Å². The molecule has 9 heteroatoms. The monoisotopic (exact) mass is 424 g/mol. The predicted octanol–water partition coefficient (Wildman–Crippen LogP) is 2.75. The van der Waals surface area contributed by atoms with Crippen LogP contribution in [0.2, 0.25) is 0 Å². The molecular weight excluding hydrogens is 404 g/mol. The molecule has 1 aliphatic heterocycles. The van der Waals surface area contributed by atoms with Crippen molar-refractivity contribution >= 4 is 35.3 Å². The van der Waals surface area contributed by atoms with Crippen LogP contribution in [0.4, 0.5) is 5.69 Å². The number of carboxylic acids is 1. The largest absolute Gasteiger partial charge is 0.493 e. The number of carboxylic acid groups (broad SMARTS) is 1. The van der Waals surface area contributed by atoms with E-state index in [1.54, 1.807) is 43.3 Å². The number of benzene rings is 2. The van der Waals surface area contributed by atoms with Gasteiger partial charge in [-0.3, -0.25) is 4.79 Å². The van der Waals surface area contributed by atoms with Crippen LogP contribution in [-0.2, 0) is 14.3 Å². The van der Waals surface area contributed by atoms with Crippen LogP contribution >= 0.6 is 0 Å². The van der Waals surface area contributed by atoms with Crippen molar-refractivity contribution in [2.45, 2.75) is 6.92 Å². The van der Waals surface area contributed by atoms with Crippen LogP contribution in [0.5, 0.6) is 11.5 Å². The van der Waals surface area contributed by atoms with Gasteiger partial charge >= 0.3 is 11.9 Å². The number of carbonyl (C=O) groups is 3. The normalized spacial score (nSPS) is 14.4. The van der Waals surface area contributed by atoms with Gasteiger partial charge < -0.3 is 19.3 Å². The second kappa shape index (κ2) is 9.12. The lowest BCUT2D eigenvalue weighted by Crippen LogP contribution is -2.21. The zero-order chi connectivity index (χ0) is 22.5. The van der Waals surface area contributed by atoms with Crippen molar-refractivity contribution < 1.29 is 33.7 Å². The third-order valence-electron chi connectivity index (χ3n) is 4.47. The lowest BCUT2D eigenvalue weighted by Gasteiger charge is -2.12. The molecule has 0 aliphatic carbocycles. The molecule has 0 saturated heterocycles. The van der Waals surface area contributed by atoms with Gasteiger partial charge in [-0.1, -0.05) is 12.1 Å². The van der Waals surface area contributed by atoms with Crippen molar-refractivity contribution in [3.63, 3.8) is 0 Å². The Balaban J connectivity index is 1.86. The van der Waals surface area contributed by atoms with Gasteiger partial charge in [0.2, 0.25) is 0 Å². The van der Waals surface area contributed by atoms with E-state index in [4.69, 9.17) is 9.47 Å². The molecule has 0 spiro atoms. The summed E-state index contributed by atoms with van der Waals surface area (Å²) >= 11 is 0. The summed E-state index contributed by atoms with van der Waals surface area (Å²) in [6.07, 6.45) is 1.65. The number of hydrazone groups is 1. The molecule has 0 unspecified atom stereocenters. The van der Waals surface area contributed by atoms with Gasteiger partial charge in [-0.15, -0.1) is 0 Å². The van der Waals surface area contributed by atoms with Crippen LogP contribution < -0.4 is 14.5 Å². The van der Waals surface area contributed by atoms with E-state index < -0.39 is 11.9 Å². The maximum absolute atomic E-state index is 12.9. The highest BCUT2D eigenvalue weighted by Gasteiger charge is 2.29.